The van der Waals surface area contributed by atoms with Crippen LogP contribution in [-0.2, 0) is 0 Å². The van der Waals surface area contributed by atoms with Crippen LogP contribution in [0.2, 0.25) is 5.02 Å². The van der Waals surface area contributed by atoms with E-state index in [4.69, 9.17) is 16.9 Å². The molecule has 0 saturated carbocycles. The van der Waals surface area contributed by atoms with Gasteiger partial charge in [-0.3, -0.25) is 0 Å². The van der Waals surface area contributed by atoms with Gasteiger partial charge in [-0.15, -0.1) is 15.0 Å². The summed E-state index contributed by atoms with van der Waals surface area (Å²) >= 11 is 5.95. The second-order valence-electron chi connectivity index (χ2n) is 4.13. The lowest BCUT2D eigenvalue weighted by Crippen LogP contribution is -1.99. The Bertz CT molecular complexity index is 811. The molecule has 3 rings (SSSR count). The number of tetrazole rings is 1. The van der Waals surface area contributed by atoms with Crippen LogP contribution in [0.5, 0.6) is 0 Å². The van der Waals surface area contributed by atoms with Crippen molar-refractivity contribution in [1.82, 2.24) is 30.2 Å². The second-order valence-corrected chi connectivity index (χ2v) is 4.56. The lowest BCUT2D eigenvalue weighted by atomic mass is 10.2. The van der Waals surface area contributed by atoms with Crippen molar-refractivity contribution in [2.75, 3.05) is 0 Å². The number of imidazole rings is 1. The van der Waals surface area contributed by atoms with E-state index in [1.165, 1.54) is 4.80 Å². The summed E-state index contributed by atoms with van der Waals surface area (Å²) in [5.74, 6) is 0.910. The van der Waals surface area contributed by atoms with E-state index in [9.17, 15) is 0 Å². The number of aryl methyl sites for hydroxylation is 1. The van der Waals surface area contributed by atoms with Crippen LogP contribution in [0.1, 0.15) is 11.3 Å². The molecular weight excluding hydrogens is 278 g/mol. The maximum atomic E-state index is 8.93. The highest BCUT2D eigenvalue weighted by Crippen LogP contribution is 2.17. The quantitative estimate of drug-likeness (QED) is 0.775. The van der Waals surface area contributed by atoms with E-state index in [0.717, 1.165) is 5.69 Å². The van der Waals surface area contributed by atoms with Gasteiger partial charge in [-0.25, -0.2) is 4.98 Å². The Hall–Kier alpha value is -2.72. The third-order valence-corrected chi connectivity index (χ3v) is 2.79. The molecule has 0 atom stereocenters. The first kappa shape index (κ1) is 12.3. The zero-order valence-electron chi connectivity index (χ0n) is 10.4. The topological polar surface area (TPSA) is 96.1 Å². The smallest absolute Gasteiger partial charge is 0.240 e. The molecule has 0 bridgehead atoms. The van der Waals surface area contributed by atoms with Gasteiger partial charge >= 0.3 is 0 Å². The fourth-order valence-electron chi connectivity index (χ4n) is 1.70. The molecule has 1 N–H and O–H groups in total. The summed E-state index contributed by atoms with van der Waals surface area (Å²) in [7, 11) is 0. The van der Waals surface area contributed by atoms with Gasteiger partial charge in [-0.2, -0.15) is 5.26 Å². The molecule has 0 fully saturated rings. The summed E-state index contributed by atoms with van der Waals surface area (Å²) in [6.45, 7) is 1.89. The highest BCUT2D eigenvalue weighted by atomic mass is 35.5. The third kappa shape index (κ3) is 2.24. The van der Waals surface area contributed by atoms with E-state index in [1.54, 1.807) is 24.4 Å². The number of hydrogen-bond donors (Lipinski definition) is 1. The van der Waals surface area contributed by atoms with Crippen LogP contribution >= 0.6 is 11.6 Å². The first-order valence-electron chi connectivity index (χ1n) is 5.69. The van der Waals surface area contributed by atoms with Crippen molar-refractivity contribution in [3.8, 4) is 23.4 Å². The SMILES string of the molecule is Cc1cnc(-c2nnn(-c3cc(Cl)cc(C#N)c3)n2)[nH]1. The number of rotatable bonds is 2. The number of H-pyrrole nitrogens is 1. The standard InChI is InChI=1S/C12H8ClN7/c1-7-6-15-11(16-7)12-17-19-20(18-12)10-3-8(5-14)2-9(13)4-10/h2-4,6H,1H3,(H,15,16). The lowest BCUT2D eigenvalue weighted by molar-refractivity contribution is 0.720. The molecule has 0 aliphatic carbocycles. The Balaban J connectivity index is 2.02. The number of aromatic amines is 1. The van der Waals surface area contributed by atoms with E-state index in [0.29, 0.717) is 27.9 Å². The predicted octanol–water partition coefficient (Wildman–Crippen LogP) is 1.89. The molecule has 20 heavy (non-hydrogen) atoms. The zero-order valence-corrected chi connectivity index (χ0v) is 11.1. The van der Waals surface area contributed by atoms with Crippen molar-refractivity contribution in [2.24, 2.45) is 0 Å². The van der Waals surface area contributed by atoms with Crippen molar-refractivity contribution in [3.05, 3.63) is 40.7 Å². The van der Waals surface area contributed by atoms with E-state index < -0.39 is 0 Å². The van der Waals surface area contributed by atoms with Crippen molar-refractivity contribution < 1.29 is 0 Å². The number of nitrogens with one attached hydrogen (secondary N) is 1. The minimum atomic E-state index is 0.372. The summed E-state index contributed by atoms with van der Waals surface area (Å²) in [5.41, 5.74) is 1.90. The predicted molar refractivity (Wildman–Crippen MR) is 71.2 cm³/mol. The molecule has 0 spiro atoms. The van der Waals surface area contributed by atoms with Crippen LogP contribution in [-0.4, -0.2) is 30.2 Å². The number of nitrogens with zero attached hydrogens (tertiary/aromatic N) is 6. The summed E-state index contributed by atoms with van der Waals surface area (Å²) in [6.07, 6.45) is 1.68. The van der Waals surface area contributed by atoms with Gasteiger partial charge in [0.15, 0.2) is 5.82 Å². The first-order valence-corrected chi connectivity index (χ1v) is 6.06. The van der Waals surface area contributed by atoms with E-state index in [-0.39, 0.29) is 0 Å². The van der Waals surface area contributed by atoms with Crippen molar-refractivity contribution in [2.45, 2.75) is 6.92 Å². The van der Waals surface area contributed by atoms with Gasteiger partial charge in [0.2, 0.25) is 5.82 Å². The monoisotopic (exact) mass is 285 g/mol. The van der Waals surface area contributed by atoms with Gasteiger partial charge in [0.25, 0.3) is 0 Å². The minimum absolute atomic E-state index is 0.372. The Morgan fingerprint density at radius 2 is 2.20 bits per heavy atom. The summed E-state index contributed by atoms with van der Waals surface area (Å²) in [5, 5.41) is 21.4. The van der Waals surface area contributed by atoms with E-state index in [1.807, 2.05) is 13.0 Å². The number of nitriles is 1. The highest BCUT2D eigenvalue weighted by molar-refractivity contribution is 6.30. The molecular formula is C12H8ClN7. The fraction of sp³-hybridized carbons (Fsp3) is 0.0833. The zero-order chi connectivity index (χ0) is 14.1. The normalized spacial score (nSPS) is 10.4. The molecule has 8 heteroatoms. The van der Waals surface area contributed by atoms with Gasteiger partial charge in [-0.05, 0) is 30.3 Å². The van der Waals surface area contributed by atoms with Gasteiger partial charge in [0.1, 0.15) is 0 Å². The largest absolute Gasteiger partial charge is 0.339 e. The number of halogens is 1. The minimum Gasteiger partial charge on any atom is -0.339 e. The maximum Gasteiger partial charge on any atom is 0.240 e. The van der Waals surface area contributed by atoms with Crippen LogP contribution in [0.25, 0.3) is 17.3 Å². The maximum absolute atomic E-state index is 8.93. The molecule has 98 valence electrons. The Labute approximate surface area is 118 Å². The van der Waals surface area contributed by atoms with Crippen LogP contribution < -0.4 is 0 Å². The number of hydrogen-bond acceptors (Lipinski definition) is 5. The molecule has 2 aromatic heterocycles. The average Bonchev–Trinajstić information content (AvgIpc) is 3.06. The summed E-state index contributed by atoms with van der Waals surface area (Å²) in [6, 6.07) is 6.88. The number of benzene rings is 1. The average molecular weight is 286 g/mol. The van der Waals surface area contributed by atoms with Crippen LogP contribution in [0, 0.1) is 18.3 Å². The summed E-state index contributed by atoms with van der Waals surface area (Å²) < 4.78 is 0. The first-order chi connectivity index (χ1) is 9.65. The van der Waals surface area contributed by atoms with E-state index >= 15 is 0 Å². The van der Waals surface area contributed by atoms with E-state index in [2.05, 4.69) is 25.4 Å². The molecule has 0 saturated heterocycles. The van der Waals surface area contributed by atoms with Crippen molar-refractivity contribution >= 4 is 11.6 Å². The molecule has 3 aromatic rings. The van der Waals surface area contributed by atoms with Crippen molar-refractivity contribution in [1.29, 1.82) is 5.26 Å². The fourth-order valence-corrected chi connectivity index (χ4v) is 1.93. The van der Waals surface area contributed by atoms with Gasteiger partial charge < -0.3 is 4.98 Å². The molecule has 0 unspecified atom stereocenters. The molecule has 7 nitrogen and oxygen atoms in total. The molecule has 0 aliphatic rings. The molecule has 2 heterocycles. The molecule has 1 aromatic carbocycles. The van der Waals surface area contributed by atoms with Gasteiger partial charge in [0.05, 0.1) is 17.3 Å². The molecule has 0 amide bonds. The van der Waals surface area contributed by atoms with Crippen LogP contribution in [0.15, 0.2) is 24.4 Å². The highest BCUT2D eigenvalue weighted by Gasteiger charge is 2.11. The van der Waals surface area contributed by atoms with Crippen LogP contribution in [0.4, 0.5) is 0 Å². The third-order valence-electron chi connectivity index (χ3n) is 2.57. The Morgan fingerprint density at radius 1 is 1.35 bits per heavy atom. The molecule has 0 aliphatic heterocycles. The number of aromatic nitrogens is 6. The van der Waals surface area contributed by atoms with Crippen LogP contribution in [0.3, 0.4) is 0 Å². The lowest BCUT2D eigenvalue weighted by Gasteiger charge is -1.99. The molecule has 0 radical (unpaired) electrons. The second kappa shape index (κ2) is 4.75. The van der Waals surface area contributed by atoms with Gasteiger partial charge in [0, 0.05) is 16.9 Å². The Morgan fingerprint density at radius 3 is 2.90 bits per heavy atom. The summed E-state index contributed by atoms with van der Waals surface area (Å²) in [4.78, 5) is 8.46. The Kier molecular flexibility index (Phi) is 2.93. The van der Waals surface area contributed by atoms with Crippen molar-refractivity contribution in [3.63, 3.8) is 0 Å². The van der Waals surface area contributed by atoms with Gasteiger partial charge in [-0.1, -0.05) is 11.6 Å².